The second-order valence-corrected chi connectivity index (χ2v) is 7.90. The van der Waals surface area contributed by atoms with Crippen LogP contribution in [0.25, 0.3) is 11.4 Å². The standard InChI is InChI=1S/C22H28N6O2/c1-17-5-2-6-18(13-17)21-25-20(30-26-21)15-28-10-3-7-19(14-28)22(29)24-8-4-11-27-12-9-23-16-27/h2,5-6,9,12-13,16,19H,3-4,7-8,10-11,14-15H2,1H3,(H,24,29). The van der Waals surface area contributed by atoms with Crippen molar-refractivity contribution in [2.75, 3.05) is 19.6 Å². The molecule has 1 amide bonds. The van der Waals surface area contributed by atoms with Crippen molar-refractivity contribution in [2.24, 2.45) is 5.92 Å². The molecule has 8 nitrogen and oxygen atoms in total. The highest BCUT2D eigenvalue weighted by atomic mass is 16.5. The van der Waals surface area contributed by atoms with Gasteiger partial charge < -0.3 is 14.4 Å². The zero-order valence-corrected chi connectivity index (χ0v) is 17.3. The number of carbonyl (C=O) groups is 1. The lowest BCUT2D eigenvalue weighted by molar-refractivity contribution is -0.126. The van der Waals surface area contributed by atoms with Crippen LogP contribution in [-0.2, 0) is 17.9 Å². The van der Waals surface area contributed by atoms with Gasteiger partial charge >= 0.3 is 0 Å². The first-order chi connectivity index (χ1) is 14.7. The maximum absolute atomic E-state index is 12.6. The molecule has 8 heteroatoms. The lowest BCUT2D eigenvalue weighted by Crippen LogP contribution is -2.43. The number of aryl methyl sites for hydroxylation is 2. The fourth-order valence-electron chi connectivity index (χ4n) is 3.86. The minimum Gasteiger partial charge on any atom is -0.356 e. The molecule has 0 bridgehead atoms. The summed E-state index contributed by atoms with van der Waals surface area (Å²) in [5.74, 6) is 1.34. The van der Waals surface area contributed by atoms with E-state index in [0.717, 1.165) is 50.0 Å². The molecule has 0 radical (unpaired) electrons. The molecule has 0 aliphatic carbocycles. The molecular weight excluding hydrogens is 380 g/mol. The number of hydrogen-bond acceptors (Lipinski definition) is 6. The highest BCUT2D eigenvalue weighted by Gasteiger charge is 2.26. The van der Waals surface area contributed by atoms with Crippen LogP contribution < -0.4 is 5.32 Å². The zero-order valence-electron chi connectivity index (χ0n) is 17.3. The van der Waals surface area contributed by atoms with Gasteiger partial charge in [0.1, 0.15) is 0 Å². The van der Waals surface area contributed by atoms with Crippen LogP contribution in [0.15, 0.2) is 47.5 Å². The number of aromatic nitrogens is 4. The molecule has 0 saturated carbocycles. The third kappa shape index (κ3) is 5.33. The molecular formula is C22H28N6O2. The number of amides is 1. The van der Waals surface area contributed by atoms with Gasteiger partial charge in [-0.15, -0.1) is 0 Å². The number of piperidine rings is 1. The molecule has 3 heterocycles. The number of nitrogens with zero attached hydrogens (tertiary/aromatic N) is 5. The molecule has 30 heavy (non-hydrogen) atoms. The van der Waals surface area contributed by atoms with Gasteiger partial charge in [0, 0.05) is 37.6 Å². The van der Waals surface area contributed by atoms with E-state index in [1.807, 2.05) is 42.0 Å². The van der Waals surface area contributed by atoms with E-state index in [9.17, 15) is 4.79 Å². The normalized spacial score (nSPS) is 17.2. The molecule has 4 rings (SSSR count). The highest BCUT2D eigenvalue weighted by molar-refractivity contribution is 5.78. The van der Waals surface area contributed by atoms with Crippen LogP contribution in [0, 0.1) is 12.8 Å². The van der Waals surface area contributed by atoms with E-state index >= 15 is 0 Å². The Morgan fingerprint density at radius 1 is 1.37 bits per heavy atom. The Bertz CT molecular complexity index is 952. The number of carbonyl (C=O) groups excluding carboxylic acids is 1. The summed E-state index contributed by atoms with van der Waals surface area (Å²) in [5.41, 5.74) is 2.12. The van der Waals surface area contributed by atoms with Crippen molar-refractivity contribution in [3.05, 3.63) is 54.4 Å². The van der Waals surface area contributed by atoms with Gasteiger partial charge in [0.15, 0.2) is 0 Å². The van der Waals surface area contributed by atoms with Crippen LogP contribution >= 0.6 is 0 Å². The van der Waals surface area contributed by atoms with Gasteiger partial charge in [-0.2, -0.15) is 4.98 Å². The molecule has 1 unspecified atom stereocenters. The summed E-state index contributed by atoms with van der Waals surface area (Å²) >= 11 is 0. The van der Waals surface area contributed by atoms with Crippen LogP contribution in [0.3, 0.4) is 0 Å². The summed E-state index contributed by atoms with van der Waals surface area (Å²) in [5, 5.41) is 7.20. The van der Waals surface area contributed by atoms with Crippen molar-refractivity contribution >= 4 is 5.91 Å². The summed E-state index contributed by atoms with van der Waals surface area (Å²) < 4.78 is 7.48. The number of nitrogens with one attached hydrogen (secondary N) is 1. The van der Waals surface area contributed by atoms with Gasteiger partial charge in [0.05, 0.1) is 18.8 Å². The maximum atomic E-state index is 12.6. The minimum atomic E-state index is 0.00570. The molecule has 1 fully saturated rings. The summed E-state index contributed by atoms with van der Waals surface area (Å²) in [6.45, 7) is 5.81. The number of imidazole rings is 1. The summed E-state index contributed by atoms with van der Waals surface area (Å²) in [7, 11) is 0. The summed E-state index contributed by atoms with van der Waals surface area (Å²) in [4.78, 5) is 23.4. The quantitative estimate of drug-likeness (QED) is 0.577. The topological polar surface area (TPSA) is 89.1 Å². The lowest BCUT2D eigenvalue weighted by atomic mass is 9.97. The number of likely N-dealkylation sites (tertiary alicyclic amines) is 1. The van der Waals surface area contributed by atoms with Crippen molar-refractivity contribution in [1.82, 2.24) is 29.9 Å². The fraction of sp³-hybridized carbons (Fsp3) is 0.455. The van der Waals surface area contributed by atoms with Gasteiger partial charge in [-0.1, -0.05) is 28.9 Å². The monoisotopic (exact) mass is 408 g/mol. The minimum absolute atomic E-state index is 0.00570. The zero-order chi connectivity index (χ0) is 20.8. The molecule has 1 aliphatic rings. The summed E-state index contributed by atoms with van der Waals surface area (Å²) in [6, 6.07) is 8.06. The SMILES string of the molecule is Cc1cccc(-c2noc(CN3CCCC(C(=O)NCCCn4ccnc4)C3)n2)c1. The average molecular weight is 409 g/mol. The number of rotatable bonds is 8. The Morgan fingerprint density at radius 2 is 2.30 bits per heavy atom. The smallest absolute Gasteiger partial charge is 0.241 e. The van der Waals surface area contributed by atoms with E-state index in [0.29, 0.717) is 24.8 Å². The Morgan fingerprint density at radius 3 is 3.13 bits per heavy atom. The van der Waals surface area contributed by atoms with Gasteiger partial charge in [0.2, 0.25) is 17.6 Å². The molecule has 1 atom stereocenters. The van der Waals surface area contributed by atoms with Gasteiger partial charge in [-0.3, -0.25) is 9.69 Å². The molecule has 0 spiro atoms. The Labute approximate surface area is 176 Å². The Kier molecular flexibility index (Phi) is 6.53. The van der Waals surface area contributed by atoms with Gasteiger partial charge in [-0.05, 0) is 38.8 Å². The van der Waals surface area contributed by atoms with Crippen LogP contribution in [0.4, 0.5) is 0 Å². The van der Waals surface area contributed by atoms with E-state index in [1.54, 1.807) is 12.5 Å². The third-order valence-corrected chi connectivity index (χ3v) is 5.43. The Hall–Kier alpha value is -3.00. The lowest BCUT2D eigenvalue weighted by Gasteiger charge is -2.30. The molecule has 1 aromatic carbocycles. The van der Waals surface area contributed by atoms with Crippen LogP contribution in [-0.4, -0.2) is 50.1 Å². The largest absolute Gasteiger partial charge is 0.356 e. The number of hydrogen-bond donors (Lipinski definition) is 1. The van der Waals surface area contributed by atoms with Crippen molar-refractivity contribution in [3.8, 4) is 11.4 Å². The van der Waals surface area contributed by atoms with Crippen molar-refractivity contribution in [2.45, 2.75) is 39.3 Å². The van der Waals surface area contributed by atoms with Crippen LogP contribution in [0.1, 0.15) is 30.7 Å². The second-order valence-electron chi connectivity index (χ2n) is 7.90. The first kappa shape index (κ1) is 20.3. The second kappa shape index (κ2) is 9.67. The van der Waals surface area contributed by atoms with Crippen molar-refractivity contribution < 1.29 is 9.32 Å². The molecule has 3 aromatic rings. The fourth-order valence-corrected chi connectivity index (χ4v) is 3.86. The van der Waals surface area contributed by atoms with E-state index in [4.69, 9.17) is 4.52 Å². The molecule has 1 aliphatic heterocycles. The van der Waals surface area contributed by atoms with E-state index in [2.05, 4.69) is 25.3 Å². The molecule has 2 aromatic heterocycles. The van der Waals surface area contributed by atoms with Gasteiger partial charge in [-0.25, -0.2) is 4.98 Å². The molecule has 158 valence electrons. The average Bonchev–Trinajstić information content (AvgIpc) is 3.43. The Balaban J connectivity index is 1.25. The van der Waals surface area contributed by atoms with Crippen molar-refractivity contribution in [1.29, 1.82) is 0 Å². The van der Waals surface area contributed by atoms with E-state index in [1.165, 1.54) is 0 Å². The number of benzene rings is 1. The van der Waals surface area contributed by atoms with Gasteiger partial charge in [0.25, 0.3) is 0 Å². The predicted molar refractivity (Wildman–Crippen MR) is 112 cm³/mol. The molecule has 1 N–H and O–H groups in total. The van der Waals surface area contributed by atoms with E-state index in [-0.39, 0.29) is 11.8 Å². The van der Waals surface area contributed by atoms with Crippen molar-refractivity contribution in [3.63, 3.8) is 0 Å². The van der Waals surface area contributed by atoms with E-state index < -0.39 is 0 Å². The first-order valence-corrected chi connectivity index (χ1v) is 10.5. The third-order valence-electron chi connectivity index (χ3n) is 5.43. The highest BCUT2D eigenvalue weighted by Crippen LogP contribution is 2.21. The first-order valence-electron chi connectivity index (χ1n) is 10.5. The maximum Gasteiger partial charge on any atom is 0.241 e. The summed E-state index contributed by atoms with van der Waals surface area (Å²) in [6.07, 6.45) is 8.30. The molecule has 1 saturated heterocycles. The predicted octanol–water partition coefficient (Wildman–Crippen LogP) is 2.66. The van der Waals surface area contributed by atoms with Crippen LogP contribution in [0.5, 0.6) is 0 Å². The van der Waals surface area contributed by atoms with Crippen LogP contribution in [0.2, 0.25) is 0 Å².